The van der Waals surface area contributed by atoms with Gasteiger partial charge in [-0.3, -0.25) is 9.59 Å². The Morgan fingerprint density at radius 3 is 2.70 bits per heavy atom. The van der Waals surface area contributed by atoms with Crippen LogP contribution in [0, 0.1) is 0 Å². The molecule has 0 saturated carbocycles. The number of cyclic esters (lactones) is 1. The number of carbonyl (C=O) groups excluding carboxylic acids is 3. The standard InChI is InChI=1S/C22H20Cl2N2O4/c23-14-8-9-17(16(24)12-14)25-20(27)18-7-3-4-10-26(18)21(28)19-11-13-5-1-2-6-15(13)22(29)30-19/h1-2,5-6,8-9,12,18-19H,3-4,7,10-11H2,(H,25,27). The van der Waals surface area contributed by atoms with Crippen molar-refractivity contribution in [1.82, 2.24) is 4.90 Å². The first kappa shape index (κ1) is 20.7. The average Bonchev–Trinajstić information content (AvgIpc) is 2.75. The summed E-state index contributed by atoms with van der Waals surface area (Å²) in [5.41, 5.74) is 1.69. The molecule has 1 fully saturated rings. The quantitative estimate of drug-likeness (QED) is 0.720. The molecule has 2 aliphatic heterocycles. The van der Waals surface area contributed by atoms with Gasteiger partial charge in [0.2, 0.25) is 5.91 Å². The number of likely N-dealkylation sites (tertiary alicyclic amines) is 1. The summed E-state index contributed by atoms with van der Waals surface area (Å²) < 4.78 is 5.41. The van der Waals surface area contributed by atoms with Gasteiger partial charge in [-0.05, 0) is 49.1 Å². The van der Waals surface area contributed by atoms with E-state index in [-0.39, 0.29) is 11.8 Å². The molecule has 2 aliphatic rings. The highest BCUT2D eigenvalue weighted by atomic mass is 35.5. The molecule has 2 heterocycles. The van der Waals surface area contributed by atoms with Crippen molar-refractivity contribution in [2.24, 2.45) is 0 Å². The van der Waals surface area contributed by atoms with E-state index in [4.69, 9.17) is 27.9 Å². The molecule has 156 valence electrons. The van der Waals surface area contributed by atoms with E-state index in [0.29, 0.717) is 40.7 Å². The number of nitrogens with zero attached hydrogens (tertiary/aromatic N) is 1. The highest BCUT2D eigenvalue weighted by Crippen LogP contribution is 2.28. The maximum absolute atomic E-state index is 13.2. The molecule has 2 amide bonds. The molecule has 2 aromatic rings. The summed E-state index contributed by atoms with van der Waals surface area (Å²) in [4.78, 5) is 40.0. The third kappa shape index (κ3) is 4.16. The van der Waals surface area contributed by atoms with Crippen molar-refractivity contribution in [2.75, 3.05) is 11.9 Å². The second-order valence-corrected chi connectivity index (χ2v) is 8.26. The van der Waals surface area contributed by atoms with Crippen molar-refractivity contribution in [3.8, 4) is 0 Å². The topological polar surface area (TPSA) is 75.7 Å². The molecule has 1 saturated heterocycles. The summed E-state index contributed by atoms with van der Waals surface area (Å²) in [5.74, 6) is -1.18. The number of fused-ring (bicyclic) bond motifs is 1. The Morgan fingerprint density at radius 2 is 1.90 bits per heavy atom. The number of halogens is 2. The van der Waals surface area contributed by atoms with Gasteiger partial charge < -0.3 is 15.0 Å². The second-order valence-electron chi connectivity index (χ2n) is 7.41. The normalized spacial score (nSPS) is 20.9. The van der Waals surface area contributed by atoms with Gasteiger partial charge >= 0.3 is 5.97 Å². The molecular formula is C22H20Cl2N2O4. The SMILES string of the molecule is O=C1OC(C(=O)N2CCCCC2C(=O)Nc2ccc(Cl)cc2Cl)Cc2ccccc21. The molecule has 2 atom stereocenters. The largest absolute Gasteiger partial charge is 0.448 e. The Kier molecular flexibility index (Phi) is 5.97. The Labute approximate surface area is 184 Å². The van der Waals surface area contributed by atoms with Gasteiger partial charge in [0.05, 0.1) is 16.3 Å². The summed E-state index contributed by atoms with van der Waals surface area (Å²) in [6.45, 7) is 0.432. The number of benzene rings is 2. The van der Waals surface area contributed by atoms with Crippen LogP contribution >= 0.6 is 23.2 Å². The summed E-state index contributed by atoms with van der Waals surface area (Å²) in [7, 11) is 0. The summed E-state index contributed by atoms with van der Waals surface area (Å²) >= 11 is 12.1. The first-order chi connectivity index (χ1) is 14.4. The van der Waals surface area contributed by atoms with Crippen molar-refractivity contribution in [1.29, 1.82) is 0 Å². The van der Waals surface area contributed by atoms with Crippen molar-refractivity contribution in [3.05, 3.63) is 63.6 Å². The second kappa shape index (κ2) is 8.66. The predicted molar refractivity (Wildman–Crippen MR) is 114 cm³/mol. The van der Waals surface area contributed by atoms with Crippen molar-refractivity contribution in [3.63, 3.8) is 0 Å². The van der Waals surface area contributed by atoms with Crippen LogP contribution in [0.5, 0.6) is 0 Å². The average molecular weight is 447 g/mol. The van der Waals surface area contributed by atoms with Crippen LogP contribution in [0.4, 0.5) is 5.69 Å². The summed E-state index contributed by atoms with van der Waals surface area (Å²) in [6.07, 6.45) is 1.51. The molecule has 0 aromatic heterocycles. The van der Waals surface area contributed by atoms with Crippen LogP contribution in [0.1, 0.15) is 35.2 Å². The predicted octanol–water partition coefficient (Wildman–Crippen LogP) is 4.09. The zero-order valence-electron chi connectivity index (χ0n) is 16.1. The van der Waals surface area contributed by atoms with Gasteiger partial charge in [-0.1, -0.05) is 41.4 Å². The fourth-order valence-electron chi connectivity index (χ4n) is 3.93. The van der Waals surface area contributed by atoms with Crippen LogP contribution in [0.2, 0.25) is 10.0 Å². The van der Waals surface area contributed by atoms with E-state index in [0.717, 1.165) is 18.4 Å². The Bertz CT molecular complexity index is 1010. The number of amides is 2. The third-order valence-corrected chi connectivity index (χ3v) is 5.99. The number of piperidine rings is 1. The molecule has 2 aromatic carbocycles. The summed E-state index contributed by atoms with van der Waals surface area (Å²) in [5, 5.41) is 3.57. The Balaban J connectivity index is 1.51. The van der Waals surface area contributed by atoms with Gasteiger partial charge in [0.1, 0.15) is 6.04 Å². The van der Waals surface area contributed by atoms with Crippen molar-refractivity contribution in [2.45, 2.75) is 37.8 Å². The van der Waals surface area contributed by atoms with E-state index in [1.165, 1.54) is 4.90 Å². The number of rotatable bonds is 3. The maximum atomic E-state index is 13.2. The van der Waals surface area contributed by atoms with E-state index in [1.807, 2.05) is 12.1 Å². The maximum Gasteiger partial charge on any atom is 0.339 e. The van der Waals surface area contributed by atoms with Gasteiger partial charge in [-0.25, -0.2) is 4.79 Å². The van der Waals surface area contributed by atoms with Crippen LogP contribution in [-0.2, 0) is 20.7 Å². The fourth-order valence-corrected chi connectivity index (χ4v) is 4.38. The molecule has 0 bridgehead atoms. The molecule has 30 heavy (non-hydrogen) atoms. The van der Waals surface area contributed by atoms with E-state index >= 15 is 0 Å². The minimum Gasteiger partial charge on any atom is -0.448 e. The molecule has 1 N–H and O–H groups in total. The fraction of sp³-hybridized carbons (Fsp3) is 0.318. The first-order valence-corrected chi connectivity index (χ1v) is 10.5. The molecule has 6 nitrogen and oxygen atoms in total. The molecular weight excluding hydrogens is 427 g/mol. The number of ether oxygens (including phenoxy) is 1. The smallest absolute Gasteiger partial charge is 0.339 e. The molecule has 0 radical (unpaired) electrons. The van der Waals surface area contributed by atoms with Gasteiger partial charge in [0.15, 0.2) is 6.10 Å². The first-order valence-electron chi connectivity index (χ1n) is 9.79. The number of hydrogen-bond acceptors (Lipinski definition) is 4. The van der Waals surface area contributed by atoms with Crippen molar-refractivity contribution >= 4 is 46.7 Å². The number of hydrogen-bond donors (Lipinski definition) is 1. The third-order valence-electron chi connectivity index (χ3n) is 5.44. The van der Waals surface area contributed by atoms with E-state index in [2.05, 4.69) is 5.32 Å². The zero-order chi connectivity index (χ0) is 21.3. The zero-order valence-corrected chi connectivity index (χ0v) is 17.6. The lowest BCUT2D eigenvalue weighted by Gasteiger charge is -2.37. The lowest BCUT2D eigenvalue weighted by molar-refractivity contribution is -0.148. The van der Waals surface area contributed by atoms with Gasteiger partial charge in [-0.15, -0.1) is 0 Å². The molecule has 0 spiro atoms. The number of nitrogens with one attached hydrogen (secondary N) is 1. The molecule has 8 heteroatoms. The number of carbonyl (C=O) groups is 3. The molecule has 2 unspecified atom stereocenters. The number of anilines is 1. The minimum absolute atomic E-state index is 0.300. The Morgan fingerprint density at radius 1 is 1.10 bits per heavy atom. The lowest BCUT2D eigenvalue weighted by Crippen LogP contribution is -2.54. The number of esters is 1. The Hall–Kier alpha value is -2.57. The molecule has 4 rings (SSSR count). The highest BCUT2D eigenvalue weighted by molar-refractivity contribution is 6.36. The minimum atomic E-state index is -0.931. The molecule has 0 aliphatic carbocycles. The van der Waals surface area contributed by atoms with Crippen LogP contribution < -0.4 is 5.32 Å². The highest BCUT2D eigenvalue weighted by Gasteiger charge is 2.39. The van der Waals surface area contributed by atoms with Crippen LogP contribution in [0.15, 0.2) is 42.5 Å². The van der Waals surface area contributed by atoms with Crippen LogP contribution in [0.25, 0.3) is 0 Å². The van der Waals surface area contributed by atoms with Gasteiger partial charge in [0, 0.05) is 18.0 Å². The van der Waals surface area contributed by atoms with Gasteiger partial charge in [0.25, 0.3) is 5.91 Å². The lowest BCUT2D eigenvalue weighted by atomic mass is 9.95. The van der Waals surface area contributed by atoms with Crippen LogP contribution in [0.3, 0.4) is 0 Å². The van der Waals surface area contributed by atoms with Crippen LogP contribution in [-0.4, -0.2) is 41.4 Å². The van der Waals surface area contributed by atoms with E-state index in [1.54, 1.807) is 30.3 Å². The van der Waals surface area contributed by atoms with Crippen molar-refractivity contribution < 1.29 is 19.1 Å². The van der Waals surface area contributed by atoms with E-state index < -0.39 is 18.1 Å². The monoisotopic (exact) mass is 446 g/mol. The summed E-state index contributed by atoms with van der Waals surface area (Å²) in [6, 6.07) is 11.2. The van der Waals surface area contributed by atoms with Gasteiger partial charge in [-0.2, -0.15) is 0 Å². The van der Waals surface area contributed by atoms with E-state index in [9.17, 15) is 14.4 Å².